The van der Waals surface area contributed by atoms with E-state index in [4.69, 9.17) is 14.5 Å². The van der Waals surface area contributed by atoms with E-state index >= 15 is 0 Å². The first kappa shape index (κ1) is 24.3. The Bertz CT molecular complexity index is 880. The molecule has 31 heavy (non-hydrogen) atoms. The fourth-order valence-corrected chi connectivity index (χ4v) is 5.41. The van der Waals surface area contributed by atoms with E-state index < -0.39 is 6.10 Å². The minimum Gasteiger partial charge on any atom is -0.389 e. The number of nitrogens with zero attached hydrogens (tertiary/aromatic N) is 2. The molecule has 3 rings (SSSR count). The zero-order valence-corrected chi connectivity index (χ0v) is 19.9. The van der Waals surface area contributed by atoms with Gasteiger partial charge in [-0.25, -0.2) is 4.98 Å². The van der Waals surface area contributed by atoms with Crippen molar-refractivity contribution in [3.05, 3.63) is 26.6 Å². The van der Waals surface area contributed by atoms with Gasteiger partial charge in [0, 0.05) is 38.3 Å². The Balaban J connectivity index is 1.72. The van der Waals surface area contributed by atoms with Crippen LogP contribution in [0.3, 0.4) is 0 Å². The second-order valence-electron chi connectivity index (χ2n) is 8.92. The molecule has 0 aromatic carbocycles. The van der Waals surface area contributed by atoms with E-state index in [1.54, 1.807) is 18.4 Å². The topological polar surface area (TPSA) is 87.7 Å². The van der Waals surface area contributed by atoms with Gasteiger partial charge in [-0.15, -0.1) is 11.3 Å². The van der Waals surface area contributed by atoms with Crippen LogP contribution in [-0.4, -0.2) is 66.1 Å². The molecule has 0 saturated heterocycles. The van der Waals surface area contributed by atoms with Gasteiger partial charge in [-0.05, 0) is 43.6 Å². The summed E-state index contributed by atoms with van der Waals surface area (Å²) in [4.78, 5) is 25.0. The molecule has 2 aromatic heterocycles. The molecule has 174 valence electrons. The SMILES string of the molecule is COCCCN(Cc1nc2sc3c(c2c(=O)[nH]1)CCCCC3)CC(O)COCC(C)C. The summed E-state index contributed by atoms with van der Waals surface area (Å²) in [5.74, 6) is 1.09. The summed E-state index contributed by atoms with van der Waals surface area (Å²) in [6.45, 7) is 7.46. The number of aliphatic hydroxyl groups is 1. The minimum absolute atomic E-state index is 0.0305. The Hall–Kier alpha value is -1.32. The van der Waals surface area contributed by atoms with Crippen LogP contribution in [-0.2, 0) is 28.9 Å². The highest BCUT2D eigenvalue weighted by molar-refractivity contribution is 7.18. The van der Waals surface area contributed by atoms with Crippen LogP contribution in [0, 0.1) is 5.92 Å². The molecule has 0 amide bonds. The van der Waals surface area contributed by atoms with Crippen molar-refractivity contribution in [2.75, 3.05) is 40.0 Å². The summed E-state index contributed by atoms with van der Waals surface area (Å²) in [6, 6.07) is 0. The number of thiophene rings is 1. The Labute approximate surface area is 188 Å². The highest BCUT2D eigenvalue weighted by Gasteiger charge is 2.20. The third-order valence-corrected chi connectivity index (χ3v) is 6.74. The Morgan fingerprint density at radius 1 is 1.23 bits per heavy atom. The fraction of sp³-hybridized carbons (Fsp3) is 0.739. The van der Waals surface area contributed by atoms with Crippen molar-refractivity contribution >= 4 is 21.6 Å². The van der Waals surface area contributed by atoms with Gasteiger partial charge in [0.1, 0.15) is 10.7 Å². The van der Waals surface area contributed by atoms with Gasteiger partial charge in [-0.2, -0.15) is 0 Å². The maximum Gasteiger partial charge on any atom is 0.259 e. The monoisotopic (exact) mass is 451 g/mol. The van der Waals surface area contributed by atoms with Gasteiger partial charge in [0.15, 0.2) is 0 Å². The quantitative estimate of drug-likeness (QED) is 0.381. The number of aryl methyl sites for hydroxylation is 2. The molecule has 0 bridgehead atoms. The van der Waals surface area contributed by atoms with Crippen molar-refractivity contribution < 1.29 is 14.6 Å². The van der Waals surface area contributed by atoms with Crippen molar-refractivity contribution in [3.63, 3.8) is 0 Å². The van der Waals surface area contributed by atoms with Crippen molar-refractivity contribution in [1.82, 2.24) is 14.9 Å². The Morgan fingerprint density at radius 3 is 2.81 bits per heavy atom. The number of hydrogen-bond acceptors (Lipinski definition) is 7. The number of hydrogen-bond donors (Lipinski definition) is 2. The molecule has 2 heterocycles. The van der Waals surface area contributed by atoms with E-state index in [0.717, 1.165) is 42.4 Å². The lowest BCUT2D eigenvalue weighted by atomic mass is 10.1. The lowest BCUT2D eigenvalue weighted by Gasteiger charge is -2.24. The molecular formula is C23H37N3O4S. The van der Waals surface area contributed by atoms with E-state index in [0.29, 0.717) is 44.7 Å². The van der Waals surface area contributed by atoms with Crippen LogP contribution in [0.25, 0.3) is 10.2 Å². The van der Waals surface area contributed by atoms with E-state index in [1.165, 1.54) is 23.3 Å². The molecule has 1 aliphatic carbocycles. The molecule has 1 atom stereocenters. The summed E-state index contributed by atoms with van der Waals surface area (Å²) >= 11 is 1.68. The standard InChI is InChI=1S/C23H37N3O4S/c1-16(2)14-30-15-17(27)12-26(10-7-11-29-3)13-20-24-22(28)21-18-8-5-4-6-9-19(18)31-23(21)25-20/h16-17,27H,4-15H2,1-3H3,(H,24,25,28). The molecule has 1 aliphatic rings. The number of rotatable bonds is 12. The zero-order valence-electron chi connectivity index (χ0n) is 19.1. The van der Waals surface area contributed by atoms with Gasteiger partial charge in [-0.1, -0.05) is 20.3 Å². The lowest BCUT2D eigenvalue weighted by Crippen LogP contribution is -2.36. The summed E-state index contributed by atoms with van der Waals surface area (Å²) in [5.41, 5.74) is 1.18. The number of fused-ring (bicyclic) bond motifs is 3. The molecule has 7 nitrogen and oxygen atoms in total. The van der Waals surface area contributed by atoms with E-state index in [1.807, 2.05) is 0 Å². The molecule has 0 aliphatic heterocycles. The number of aliphatic hydroxyl groups excluding tert-OH is 1. The molecule has 0 saturated carbocycles. The van der Waals surface area contributed by atoms with Crippen LogP contribution in [0.4, 0.5) is 0 Å². The van der Waals surface area contributed by atoms with Crippen molar-refractivity contribution in [2.24, 2.45) is 5.92 Å². The lowest BCUT2D eigenvalue weighted by molar-refractivity contribution is 0.00544. The first-order valence-corrected chi connectivity index (χ1v) is 12.3. The molecule has 0 radical (unpaired) electrons. The summed E-state index contributed by atoms with van der Waals surface area (Å²) in [5, 5.41) is 11.2. The molecule has 0 spiro atoms. The number of ether oxygens (including phenoxy) is 2. The highest BCUT2D eigenvalue weighted by atomic mass is 32.1. The van der Waals surface area contributed by atoms with Crippen LogP contribution >= 0.6 is 11.3 Å². The first-order chi connectivity index (χ1) is 15.0. The fourth-order valence-electron chi connectivity index (χ4n) is 4.13. The largest absolute Gasteiger partial charge is 0.389 e. The van der Waals surface area contributed by atoms with Gasteiger partial charge in [0.25, 0.3) is 5.56 Å². The number of aromatic nitrogens is 2. The number of aromatic amines is 1. The minimum atomic E-state index is -0.588. The van der Waals surface area contributed by atoms with Crippen LogP contribution < -0.4 is 5.56 Å². The number of H-pyrrole nitrogens is 1. The van der Waals surface area contributed by atoms with Crippen molar-refractivity contribution in [2.45, 2.75) is 65.0 Å². The van der Waals surface area contributed by atoms with E-state index in [-0.39, 0.29) is 5.56 Å². The molecule has 2 aromatic rings. The second kappa shape index (κ2) is 12.1. The highest BCUT2D eigenvalue weighted by Crippen LogP contribution is 2.32. The third kappa shape index (κ3) is 7.08. The second-order valence-corrected chi connectivity index (χ2v) is 10.0. The van der Waals surface area contributed by atoms with Crippen molar-refractivity contribution in [1.29, 1.82) is 0 Å². The summed E-state index contributed by atoms with van der Waals surface area (Å²) in [7, 11) is 1.69. The Kier molecular flexibility index (Phi) is 9.47. The predicted molar refractivity (Wildman–Crippen MR) is 125 cm³/mol. The van der Waals surface area contributed by atoms with Gasteiger partial charge in [-0.3, -0.25) is 9.69 Å². The molecule has 8 heteroatoms. The van der Waals surface area contributed by atoms with Crippen LogP contribution in [0.1, 0.15) is 55.8 Å². The van der Waals surface area contributed by atoms with Crippen LogP contribution in [0.15, 0.2) is 4.79 Å². The predicted octanol–water partition coefficient (Wildman–Crippen LogP) is 3.13. The number of nitrogens with one attached hydrogen (secondary N) is 1. The molecule has 2 N–H and O–H groups in total. The first-order valence-electron chi connectivity index (χ1n) is 11.5. The molecule has 1 unspecified atom stereocenters. The third-order valence-electron chi connectivity index (χ3n) is 5.55. The van der Waals surface area contributed by atoms with Crippen LogP contribution in [0.5, 0.6) is 0 Å². The summed E-state index contributed by atoms with van der Waals surface area (Å²) in [6.07, 6.45) is 5.84. The van der Waals surface area contributed by atoms with Gasteiger partial charge >= 0.3 is 0 Å². The van der Waals surface area contributed by atoms with E-state index in [9.17, 15) is 9.90 Å². The maximum atomic E-state index is 12.9. The van der Waals surface area contributed by atoms with Crippen LogP contribution in [0.2, 0.25) is 0 Å². The zero-order chi connectivity index (χ0) is 22.2. The van der Waals surface area contributed by atoms with E-state index in [2.05, 4.69) is 23.7 Å². The van der Waals surface area contributed by atoms with Crippen molar-refractivity contribution in [3.8, 4) is 0 Å². The average molecular weight is 452 g/mol. The smallest absolute Gasteiger partial charge is 0.259 e. The molecule has 0 fully saturated rings. The van der Waals surface area contributed by atoms with Gasteiger partial charge in [0.05, 0.1) is 24.6 Å². The van der Waals surface area contributed by atoms with Gasteiger partial charge < -0.3 is 19.6 Å². The maximum absolute atomic E-state index is 12.9. The van der Waals surface area contributed by atoms with Gasteiger partial charge in [0.2, 0.25) is 0 Å². The molecular weight excluding hydrogens is 414 g/mol. The Morgan fingerprint density at radius 2 is 2.03 bits per heavy atom. The summed E-state index contributed by atoms with van der Waals surface area (Å²) < 4.78 is 10.8. The number of methoxy groups -OCH3 is 1. The average Bonchev–Trinajstić information content (AvgIpc) is 2.89. The normalized spacial score (nSPS) is 15.5.